The maximum Gasteiger partial charge on any atom is 0.330 e. The first-order valence-electron chi connectivity index (χ1n) is 6.62. The Labute approximate surface area is 113 Å². The monoisotopic (exact) mass is 272 g/mol. The van der Waals surface area contributed by atoms with E-state index in [-0.39, 0.29) is 17.9 Å². The summed E-state index contributed by atoms with van der Waals surface area (Å²) in [6.45, 7) is 6.06. The van der Waals surface area contributed by atoms with Crippen LogP contribution in [-0.4, -0.2) is 27.9 Å². The van der Waals surface area contributed by atoms with Gasteiger partial charge >= 0.3 is 5.69 Å². The summed E-state index contributed by atoms with van der Waals surface area (Å²) in [4.78, 5) is 24.5. The summed E-state index contributed by atoms with van der Waals surface area (Å²) in [5.74, 6) is 0. The molecular weight excluding hydrogens is 248 g/mol. The average molecular weight is 272 g/mol. The van der Waals surface area contributed by atoms with Gasteiger partial charge in [-0.25, -0.2) is 4.79 Å². The molecule has 0 saturated carbocycles. The molecule has 2 atom stereocenters. The topological polar surface area (TPSA) is 84.3 Å². The third-order valence-electron chi connectivity index (χ3n) is 2.70. The molecule has 0 radical (unpaired) electrons. The largest absolute Gasteiger partial charge is 0.400 e. The summed E-state index contributed by atoms with van der Waals surface area (Å²) in [6.07, 6.45) is 4.24. The molecule has 0 spiro atoms. The fraction of sp³-hybridized carbons (Fsp3) is 0.692. The molecule has 0 aromatic carbocycles. The lowest BCUT2D eigenvalue weighted by molar-refractivity contribution is -0.00200. The highest BCUT2D eigenvalue weighted by atomic mass is 16.5. The predicted octanol–water partition coefficient (Wildman–Crippen LogP) is 1.26. The Bertz CT molecular complexity index is 452. The summed E-state index contributed by atoms with van der Waals surface area (Å²) in [7, 11) is 1.00. The first kappa shape index (κ1) is 17.6. The van der Waals surface area contributed by atoms with Crippen molar-refractivity contribution in [2.75, 3.05) is 7.11 Å². The van der Waals surface area contributed by atoms with Crippen molar-refractivity contribution in [1.29, 1.82) is 0 Å². The Morgan fingerprint density at radius 3 is 2.47 bits per heavy atom. The molecule has 1 aliphatic rings. The van der Waals surface area contributed by atoms with Gasteiger partial charge in [-0.3, -0.25) is 14.3 Å². The number of aliphatic hydroxyl groups excluding tert-OH is 1. The van der Waals surface area contributed by atoms with Crippen LogP contribution in [0.15, 0.2) is 21.9 Å². The van der Waals surface area contributed by atoms with Gasteiger partial charge in [-0.2, -0.15) is 0 Å². The second-order valence-electron chi connectivity index (χ2n) is 3.72. The van der Waals surface area contributed by atoms with Gasteiger partial charge in [-0.15, -0.1) is 0 Å². The number of aromatic amines is 1. The fourth-order valence-electron chi connectivity index (χ4n) is 1.85. The molecule has 6 nitrogen and oxygen atoms in total. The molecular formula is C13H24N2O4. The van der Waals surface area contributed by atoms with Gasteiger partial charge in [-0.05, 0) is 19.3 Å². The first-order valence-corrected chi connectivity index (χ1v) is 6.62. The van der Waals surface area contributed by atoms with Gasteiger partial charge in [-0.1, -0.05) is 20.8 Å². The zero-order valence-electron chi connectivity index (χ0n) is 12.0. The second-order valence-corrected chi connectivity index (χ2v) is 3.72. The van der Waals surface area contributed by atoms with Crippen LogP contribution in [0.25, 0.3) is 0 Å². The van der Waals surface area contributed by atoms with Crippen molar-refractivity contribution in [3.05, 3.63) is 33.1 Å². The van der Waals surface area contributed by atoms with Crippen LogP contribution in [0.1, 0.15) is 46.3 Å². The molecule has 110 valence electrons. The zero-order valence-corrected chi connectivity index (χ0v) is 12.0. The minimum absolute atomic E-state index is 0.223. The number of hydrogen-bond donors (Lipinski definition) is 2. The number of aliphatic hydroxyl groups is 1. The third-order valence-corrected chi connectivity index (χ3v) is 2.70. The van der Waals surface area contributed by atoms with Crippen molar-refractivity contribution in [1.82, 2.24) is 9.55 Å². The number of nitrogens with zero attached hydrogens (tertiary/aromatic N) is 1. The number of aromatic nitrogens is 2. The van der Waals surface area contributed by atoms with Gasteiger partial charge in [0.1, 0.15) is 6.23 Å². The molecule has 1 aromatic heterocycles. The summed E-state index contributed by atoms with van der Waals surface area (Å²) >= 11 is 0. The molecule has 2 N–H and O–H groups in total. The summed E-state index contributed by atoms with van der Waals surface area (Å²) < 4.78 is 7.10. The highest BCUT2D eigenvalue weighted by Gasteiger charge is 2.25. The minimum Gasteiger partial charge on any atom is -0.400 e. The van der Waals surface area contributed by atoms with Crippen molar-refractivity contribution < 1.29 is 9.84 Å². The van der Waals surface area contributed by atoms with E-state index in [9.17, 15) is 9.59 Å². The van der Waals surface area contributed by atoms with E-state index < -0.39 is 5.69 Å². The smallest absolute Gasteiger partial charge is 0.330 e. The van der Waals surface area contributed by atoms with Crippen molar-refractivity contribution in [2.45, 2.75) is 52.4 Å². The zero-order chi connectivity index (χ0) is 14.8. The quantitative estimate of drug-likeness (QED) is 0.849. The molecule has 1 aliphatic heterocycles. The van der Waals surface area contributed by atoms with Crippen LogP contribution in [0, 0.1) is 0 Å². The Morgan fingerprint density at radius 2 is 2.00 bits per heavy atom. The van der Waals surface area contributed by atoms with Crippen LogP contribution in [0.4, 0.5) is 0 Å². The molecule has 2 rings (SSSR count). The Hall–Kier alpha value is -1.40. The molecule has 2 heterocycles. The summed E-state index contributed by atoms with van der Waals surface area (Å²) in [6, 6.07) is 1.34. The van der Waals surface area contributed by atoms with E-state index in [1.807, 2.05) is 13.8 Å². The average Bonchev–Trinajstić information content (AvgIpc) is 2.92. The van der Waals surface area contributed by atoms with Crippen LogP contribution in [0.3, 0.4) is 0 Å². The molecule has 0 aliphatic carbocycles. The van der Waals surface area contributed by atoms with Gasteiger partial charge in [0.25, 0.3) is 5.56 Å². The fourth-order valence-corrected chi connectivity index (χ4v) is 1.85. The number of H-pyrrole nitrogens is 1. The number of hydrogen-bond acceptors (Lipinski definition) is 4. The van der Waals surface area contributed by atoms with E-state index >= 15 is 0 Å². The highest BCUT2D eigenvalue weighted by Crippen LogP contribution is 2.28. The van der Waals surface area contributed by atoms with E-state index in [4.69, 9.17) is 9.84 Å². The predicted molar refractivity (Wildman–Crippen MR) is 74.2 cm³/mol. The minimum atomic E-state index is -0.399. The molecule has 1 aromatic rings. The molecule has 0 bridgehead atoms. The lowest BCUT2D eigenvalue weighted by Gasteiger charge is -2.14. The van der Waals surface area contributed by atoms with Gasteiger partial charge in [0.05, 0.1) is 6.10 Å². The SMILES string of the molecule is CC.CCC1CCC(n2ccc(=O)[nH]c2=O)O1.CO. The van der Waals surface area contributed by atoms with Crippen molar-refractivity contribution >= 4 is 0 Å². The number of nitrogens with one attached hydrogen (secondary N) is 1. The standard InChI is InChI=1S/C10H14N2O3.C2H6.CH4O/c1-2-7-3-4-9(15-7)12-6-5-8(13)11-10(12)14;2*1-2/h5-7,9H,2-4H2,1H3,(H,11,13,14);1-2H3;2H,1H3. The molecule has 1 saturated heterocycles. The van der Waals surface area contributed by atoms with E-state index in [1.54, 1.807) is 0 Å². The molecule has 2 unspecified atom stereocenters. The maximum atomic E-state index is 11.4. The summed E-state index contributed by atoms with van der Waals surface area (Å²) in [5.41, 5.74) is -0.773. The van der Waals surface area contributed by atoms with Crippen LogP contribution in [-0.2, 0) is 4.74 Å². The second kappa shape index (κ2) is 9.52. The van der Waals surface area contributed by atoms with Gasteiger partial charge in [0.2, 0.25) is 0 Å². The Balaban J connectivity index is 0.000000741. The summed E-state index contributed by atoms with van der Waals surface area (Å²) in [5, 5.41) is 7.00. The molecule has 6 heteroatoms. The normalized spacial score (nSPS) is 20.9. The third kappa shape index (κ3) is 5.00. The lowest BCUT2D eigenvalue weighted by atomic mass is 10.2. The number of rotatable bonds is 2. The maximum absolute atomic E-state index is 11.4. The van der Waals surface area contributed by atoms with Crippen LogP contribution >= 0.6 is 0 Å². The van der Waals surface area contributed by atoms with E-state index in [0.29, 0.717) is 0 Å². The molecule has 19 heavy (non-hydrogen) atoms. The van der Waals surface area contributed by atoms with Crippen molar-refractivity contribution in [2.24, 2.45) is 0 Å². The van der Waals surface area contributed by atoms with Gasteiger partial charge in [0.15, 0.2) is 0 Å². The van der Waals surface area contributed by atoms with Crippen LogP contribution < -0.4 is 11.2 Å². The molecule has 1 fully saturated rings. The van der Waals surface area contributed by atoms with Gasteiger partial charge < -0.3 is 9.84 Å². The molecule has 0 amide bonds. The van der Waals surface area contributed by atoms with Crippen molar-refractivity contribution in [3.8, 4) is 0 Å². The van der Waals surface area contributed by atoms with Crippen LogP contribution in [0.2, 0.25) is 0 Å². The van der Waals surface area contributed by atoms with E-state index in [1.165, 1.54) is 16.8 Å². The van der Waals surface area contributed by atoms with Crippen molar-refractivity contribution in [3.63, 3.8) is 0 Å². The van der Waals surface area contributed by atoms with Gasteiger partial charge in [0, 0.05) is 19.4 Å². The number of ether oxygens (including phenoxy) is 1. The van der Waals surface area contributed by atoms with E-state index in [0.717, 1.165) is 26.4 Å². The Morgan fingerprint density at radius 1 is 1.37 bits per heavy atom. The highest BCUT2D eigenvalue weighted by molar-refractivity contribution is 4.85. The Kier molecular flexibility index (Phi) is 8.82. The van der Waals surface area contributed by atoms with Crippen LogP contribution in [0.5, 0.6) is 0 Å². The van der Waals surface area contributed by atoms with E-state index in [2.05, 4.69) is 11.9 Å². The lowest BCUT2D eigenvalue weighted by Crippen LogP contribution is -2.31. The first-order chi connectivity index (χ1) is 9.20.